The van der Waals surface area contributed by atoms with Crippen molar-refractivity contribution in [2.75, 3.05) is 23.7 Å². The van der Waals surface area contributed by atoms with Crippen LogP contribution in [0.15, 0.2) is 78.9 Å². The lowest BCUT2D eigenvalue weighted by Crippen LogP contribution is -2.53. The first-order valence-corrected chi connectivity index (χ1v) is 19.7. The molecule has 4 bridgehead atoms. The van der Waals surface area contributed by atoms with Crippen LogP contribution in [0.5, 0.6) is 0 Å². The monoisotopic (exact) mass is 689 g/mol. The van der Waals surface area contributed by atoms with Crippen molar-refractivity contribution in [3.8, 4) is 0 Å². The number of hydrogen-bond acceptors (Lipinski definition) is 4. The number of halogens is 1. The topological polar surface area (TPSA) is 86.8 Å². The molecule has 2 amide bonds. The average molecular weight is 690 g/mol. The fourth-order valence-electron chi connectivity index (χ4n) is 8.95. The predicted molar refractivity (Wildman–Crippen MR) is 192 cm³/mol. The van der Waals surface area contributed by atoms with Crippen molar-refractivity contribution in [2.24, 2.45) is 17.8 Å². The Morgan fingerprint density at radius 2 is 1.52 bits per heavy atom. The van der Waals surface area contributed by atoms with Gasteiger partial charge in [-0.15, -0.1) is 0 Å². The minimum absolute atomic E-state index is 0.0979. The summed E-state index contributed by atoms with van der Waals surface area (Å²) in [5, 5.41) is 3.54. The van der Waals surface area contributed by atoms with E-state index >= 15 is 0 Å². The smallest absolute Gasteiger partial charge is 0.244 e. The number of anilines is 1. The fraction of sp³-hybridized carbons (Fsp3) is 0.487. The lowest BCUT2D eigenvalue weighted by molar-refractivity contribution is -0.140. The van der Waals surface area contributed by atoms with E-state index in [2.05, 4.69) is 24.4 Å². The summed E-state index contributed by atoms with van der Waals surface area (Å²) < 4.78 is 27.8. The minimum Gasteiger partial charge on any atom is -0.354 e. The van der Waals surface area contributed by atoms with Crippen molar-refractivity contribution in [1.82, 2.24) is 10.2 Å². The van der Waals surface area contributed by atoms with Crippen molar-refractivity contribution in [3.63, 3.8) is 0 Å². The lowest BCUT2D eigenvalue weighted by Gasteiger charge is -2.57. The summed E-state index contributed by atoms with van der Waals surface area (Å²) in [6.07, 6.45) is 10.9. The van der Waals surface area contributed by atoms with Crippen molar-refractivity contribution in [3.05, 3.63) is 101 Å². The Morgan fingerprint density at radius 3 is 2.10 bits per heavy atom. The number of hydrogen-bond donors (Lipinski definition) is 1. The summed E-state index contributed by atoms with van der Waals surface area (Å²) >= 11 is 6.33. The molecule has 0 heterocycles. The van der Waals surface area contributed by atoms with Gasteiger partial charge < -0.3 is 10.2 Å². The van der Waals surface area contributed by atoms with Crippen LogP contribution >= 0.6 is 11.6 Å². The first kappa shape index (κ1) is 34.5. The maximum atomic E-state index is 14.4. The zero-order chi connectivity index (χ0) is 33.9. The van der Waals surface area contributed by atoms with Crippen LogP contribution in [0.2, 0.25) is 5.02 Å². The molecule has 48 heavy (non-hydrogen) atoms. The number of amides is 2. The molecule has 4 aliphatic rings. The molecule has 0 spiro atoms. The summed E-state index contributed by atoms with van der Waals surface area (Å²) in [7, 11) is -3.84. The Morgan fingerprint density at radius 1 is 0.896 bits per heavy atom. The van der Waals surface area contributed by atoms with Gasteiger partial charge in [0.2, 0.25) is 21.8 Å². The van der Waals surface area contributed by atoms with Crippen LogP contribution in [-0.4, -0.2) is 50.5 Å². The van der Waals surface area contributed by atoms with E-state index in [0.29, 0.717) is 17.3 Å². The quantitative estimate of drug-likeness (QED) is 0.183. The van der Waals surface area contributed by atoms with Gasteiger partial charge in [0.25, 0.3) is 0 Å². The highest BCUT2D eigenvalue weighted by Crippen LogP contribution is 2.60. The molecular weight excluding hydrogens is 642 g/mol. The Bertz CT molecular complexity index is 1660. The molecule has 0 saturated heterocycles. The molecule has 3 aromatic carbocycles. The van der Waals surface area contributed by atoms with Crippen LogP contribution < -0.4 is 9.62 Å². The molecule has 0 unspecified atom stereocenters. The third-order valence-corrected chi connectivity index (χ3v) is 12.2. The molecule has 4 aliphatic carbocycles. The van der Waals surface area contributed by atoms with E-state index < -0.39 is 28.5 Å². The minimum atomic E-state index is -3.84. The van der Waals surface area contributed by atoms with Crippen LogP contribution in [0.25, 0.3) is 0 Å². The van der Waals surface area contributed by atoms with Gasteiger partial charge in [0, 0.05) is 24.5 Å². The number of nitrogens with zero attached hydrogens (tertiary/aromatic N) is 2. The summed E-state index contributed by atoms with van der Waals surface area (Å²) in [4.78, 5) is 29.8. The molecule has 256 valence electrons. The number of carbonyl (C=O) groups excluding carboxylic acids is 2. The number of unbranched alkanes of at least 4 members (excludes halogenated alkanes) is 1. The zero-order valence-corrected chi connectivity index (χ0v) is 29.7. The summed E-state index contributed by atoms with van der Waals surface area (Å²) in [5.41, 5.74) is 3.58. The van der Waals surface area contributed by atoms with Gasteiger partial charge in [-0.3, -0.25) is 13.9 Å². The van der Waals surface area contributed by atoms with E-state index in [1.807, 2.05) is 54.6 Å². The van der Waals surface area contributed by atoms with E-state index in [9.17, 15) is 18.0 Å². The third-order valence-electron chi connectivity index (χ3n) is 10.8. The first-order valence-electron chi connectivity index (χ1n) is 17.5. The largest absolute Gasteiger partial charge is 0.354 e. The molecule has 7 rings (SSSR count). The first-order chi connectivity index (χ1) is 23.0. The standard InChI is InChI=1S/C39H48ClN3O4S/c1-3-4-17-41-38(45)36(22-28-9-6-5-7-10-28)42(26-29-11-8-12-34(40)21-29)37(44)27-43(48(2,46)47)35-15-13-33(14-16-35)39-23-30-18-31(24-39)20-32(19-30)25-39/h5-16,21,30-32,36H,3-4,17-20,22-27H2,1-2H3,(H,41,45)/t30?,31?,32?,36-,39?/m1/s1. The molecular formula is C39H48ClN3O4S. The van der Waals surface area contributed by atoms with Gasteiger partial charge in [-0.1, -0.05) is 79.5 Å². The highest BCUT2D eigenvalue weighted by Gasteiger charge is 2.51. The van der Waals surface area contributed by atoms with E-state index in [1.165, 1.54) is 53.3 Å². The van der Waals surface area contributed by atoms with E-state index in [4.69, 9.17) is 11.6 Å². The number of carbonyl (C=O) groups is 2. The molecule has 0 aliphatic heterocycles. The van der Waals surface area contributed by atoms with Gasteiger partial charge in [0.1, 0.15) is 12.6 Å². The van der Waals surface area contributed by atoms with E-state index in [0.717, 1.165) is 48.0 Å². The lowest BCUT2D eigenvalue weighted by atomic mass is 9.48. The highest BCUT2D eigenvalue weighted by atomic mass is 35.5. The number of nitrogens with one attached hydrogen (secondary N) is 1. The summed E-state index contributed by atoms with van der Waals surface area (Å²) in [6.45, 7) is 2.22. The number of rotatable bonds is 14. The van der Waals surface area contributed by atoms with Crippen molar-refractivity contribution in [1.29, 1.82) is 0 Å². The fourth-order valence-corrected chi connectivity index (χ4v) is 10.0. The predicted octanol–water partition coefficient (Wildman–Crippen LogP) is 7.13. The highest BCUT2D eigenvalue weighted by molar-refractivity contribution is 7.92. The van der Waals surface area contributed by atoms with Crippen molar-refractivity contribution >= 4 is 39.1 Å². The summed E-state index contributed by atoms with van der Waals surface area (Å²) in [6, 6.07) is 23.8. The van der Waals surface area contributed by atoms with Crippen LogP contribution in [0.3, 0.4) is 0 Å². The number of benzene rings is 3. The molecule has 0 aromatic heterocycles. The second-order valence-electron chi connectivity index (χ2n) is 14.5. The van der Waals surface area contributed by atoms with Gasteiger partial charge in [0.15, 0.2) is 0 Å². The van der Waals surface area contributed by atoms with E-state index in [-0.39, 0.29) is 24.3 Å². The molecule has 4 saturated carbocycles. The van der Waals surface area contributed by atoms with E-state index in [1.54, 1.807) is 12.1 Å². The van der Waals surface area contributed by atoms with Gasteiger partial charge in [-0.25, -0.2) is 8.42 Å². The zero-order valence-electron chi connectivity index (χ0n) is 28.1. The van der Waals surface area contributed by atoms with Crippen molar-refractivity contribution in [2.45, 2.75) is 82.7 Å². The maximum absolute atomic E-state index is 14.4. The normalized spacial score (nSPS) is 23.4. The Hall–Kier alpha value is -3.36. The van der Waals surface area contributed by atoms with Gasteiger partial charge >= 0.3 is 0 Å². The van der Waals surface area contributed by atoms with Gasteiger partial charge in [-0.2, -0.15) is 0 Å². The molecule has 7 nitrogen and oxygen atoms in total. The second kappa shape index (κ2) is 14.6. The van der Waals surface area contributed by atoms with Crippen molar-refractivity contribution < 1.29 is 18.0 Å². The summed E-state index contributed by atoms with van der Waals surface area (Å²) in [5.74, 6) is 1.67. The van der Waals surface area contributed by atoms with Crippen LogP contribution in [0.1, 0.15) is 75.0 Å². The molecule has 0 radical (unpaired) electrons. The molecule has 1 N–H and O–H groups in total. The molecule has 4 fully saturated rings. The van der Waals surface area contributed by atoms with Gasteiger partial charge in [-0.05, 0) is 109 Å². The SMILES string of the molecule is CCCCNC(=O)[C@@H](Cc1ccccc1)N(Cc1cccc(Cl)c1)C(=O)CN(c1ccc(C23CC4CC(CC(C4)C2)C3)cc1)S(C)(=O)=O. The molecule has 9 heteroatoms. The Kier molecular flexibility index (Phi) is 10.5. The molecule has 3 aromatic rings. The second-order valence-corrected chi connectivity index (χ2v) is 16.9. The molecule has 1 atom stereocenters. The Balaban J connectivity index is 1.30. The third kappa shape index (κ3) is 7.92. The number of sulfonamides is 1. The Labute approximate surface area is 291 Å². The van der Waals surface area contributed by atoms with Crippen LogP contribution in [-0.2, 0) is 38.0 Å². The average Bonchev–Trinajstić information content (AvgIpc) is 3.04. The van der Waals surface area contributed by atoms with Crippen LogP contribution in [0.4, 0.5) is 5.69 Å². The van der Waals surface area contributed by atoms with Gasteiger partial charge in [0.05, 0.1) is 11.9 Å². The van der Waals surface area contributed by atoms with Crippen LogP contribution in [0, 0.1) is 17.8 Å². The maximum Gasteiger partial charge on any atom is 0.244 e.